The predicted octanol–water partition coefficient (Wildman–Crippen LogP) is 7.29. The number of carboxylic acid groups (broad SMARTS) is 2. The number of anilines is 2. The number of para-hydroxylation sites is 6. The van der Waals surface area contributed by atoms with Crippen molar-refractivity contribution in [3.05, 3.63) is 121 Å². The van der Waals surface area contributed by atoms with Crippen LogP contribution in [0.1, 0.15) is 25.7 Å². The highest BCUT2D eigenvalue weighted by Gasteiger charge is 2.25. The van der Waals surface area contributed by atoms with Gasteiger partial charge in [-0.25, -0.2) is 19.2 Å². The molecule has 16 nitrogen and oxygen atoms in total. The Morgan fingerprint density at radius 1 is 0.565 bits per heavy atom. The summed E-state index contributed by atoms with van der Waals surface area (Å²) in [6.45, 7) is 6.25. The van der Waals surface area contributed by atoms with Crippen LogP contribution in [0.3, 0.4) is 0 Å². The molecule has 2 fully saturated rings. The van der Waals surface area contributed by atoms with Crippen LogP contribution in [0.25, 0.3) is 0 Å². The minimum Gasteiger partial charge on any atom is -0.493 e. The first-order valence-electron chi connectivity index (χ1n) is 20.3. The van der Waals surface area contributed by atoms with Gasteiger partial charge in [0.05, 0.1) is 27.4 Å². The normalized spacial score (nSPS) is 15.8. The number of aliphatic carboxylic acids is 2. The zero-order chi connectivity index (χ0) is 44.4. The second kappa shape index (κ2) is 27.1. The third kappa shape index (κ3) is 18.6. The van der Waals surface area contributed by atoms with Crippen molar-refractivity contribution >= 4 is 35.5 Å². The zero-order valence-electron chi connectivity index (χ0n) is 35.1. The third-order valence-electron chi connectivity index (χ3n) is 9.30. The Bertz CT molecular complexity index is 1840. The van der Waals surface area contributed by atoms with Gasteiger partial charge in [0, 0.05) is 62.8 Å². The molecule has 0 saturated carbocycles. The standard InChI is InChI=1S/2C21H26N2O4.C4H4O4/c2*1-25-19-10-5-6-11-20(19)27-18-12-14-23(16-18)13-7-15-26-21(24)22-17-8-3-2-4-9-17;5-3(6)1-2-4(7)8/h2*2-6,8-11,18H,7,12-16H2,1H3,(H,22,24);1-2H,(H,5,6)(H,7,8)/b;;2-1+. The number of hydrogen-bond donors (Lipinski definition) is 4. The topological polar surface area (TPSA) is 195 Å². The van der Waals surface area contributed by atoms with E-state index in [4.69, 9.17) is 38.6 Å². The van der Waals surface area contributed by atoms with Gasteiger partial charge in [-0.2, -0.15) is 0 Å². The number of nitrogens with one attached hydrogen (secondary N) is 2. The van der Waals surface area contributed by atoms with E-state index in [1.165, 1.54) is 0 Å². The Morgan fingerprint density at radius 3 is 1.27 bits per heavy atom. The van der Waals surface area contributed by atoms with Gasteiger partial charge in [-0.05, 0) is 74.2 Å². The van der Waals surface area contributed by atoms with Gasteiger partial charge in [0.1, 0.15) is 12.2 Å². The smallest absolute Gasteiger partial charge is 0.411 e. The highest BCUT2D eigenvalue weighted by Crippen LogP contribution is 2.30. The number of methoxy groups -OCH3 is 2. The lowest BCUT2D eigenvalue weighted by atomic mass is 10.3. The van der Waals surface area contributed by atoms with Gasteiger partial charge in [0.15, 0.2) is 23.0 Å². The molecule has 4 aromatic carbocycles. The Labute approximate surface area is 361 Å². The lowest BCUT2D eigenvalue weighted by Gasteiger charge is -2.18. The number of nitrogens with zero attached hydrogens (tertiary/aromatic N) is 2. The van der Waals surface area contributed by atoms with Crippen molar-refractivity contribution in [3.63, 3.8) is 0 Å². The maximum atomic E-state index is 11.7. The summed E-state index contributed by atoms with van der Waals surface area (Å²) in [6, 6.07) is 34.0. The van der Waals surface area contributed by atoms with E-state index in [1.807, 2.05) is 109 Å². The molecule has 2 saturated heterocycles. The molecule has 6 rings (SSSR count). The van der Waals surface area contributed by atoms with E-state index < -0.39 is 24.1 Å². The Balaban J connectivity index is 0.000000232. The van der Waals surface area contributed by atoms with Crippen molar-refractivity contribution < 1.29 is 57.8 Å². The Hall–Kier alpha value is -6.78. The molecule has 0 aliphatic carbocycles. The fourth-order valence-corrected chi connectivity index (χ4v) is 6.38. The highest BCUT2D eigenvalue weighted by atomic mass is 16.6. The van der Waals surface area contributed by atoms with Crippen LogP contribution in [0.4, 0.5) is 21.0 Å². The number of carbonyl (C=O) groups is 4. The summed E-state index contributed by atoms with van der Waals surface area (Å²) < 4.78 is 33.3. The fourth-order valence-electron chi connectivity index (χ4n) is 6.38. The number of rotatable bonds is 18. The molecule has 4 aromatic rings. The lowest BCUT2D eigenvalue weighted by Crippen LogP contribution is -2.27. The summed E-state index contributed by atoms with van der Waals surface area (Å²) in [5.41, 5.74) is 1.47. The van der Waals surface area contributed by atoms with Crippen LogP contribution in [0, 0.1) is 0 Å². The van der Waals surface area contributed by atoms with Gasteiger partial charge in [0.2, 0.25) is 0 Å². The highest BCUT2D eigenvalue weighted by molar-refractivity contribution is 5.89. The molecule has 62 heavy (non-hydrogen) atoms. The number of carbonyl (C=O) groups excluding carboxylic acids is 2. The van der Waals surface area contributed by atoms with E-state index in [0.717, 1.165) is 99.3 Å². The summed E-state index contributed by atoms with van der Waals surface area (Å²) in [4.78, 5) is 47.3. The van der Waals surface area contributed by atoms with Crippen LogP contribution in [-0.2, 0) is 19.1 Å². The van der Waals surface area contributed by atoms with Crippen molar-refractivity contribution in [2.24, 2.45) is 0 Å². The predicted molar refractivity (Wildman–Crippen MR) is 233 cm³/mol. The fraction of sp³-hybridized carbons (Fsp3) is 0.348. The molecule has 2 atom stereocenters. The van der Waals surface area contributed by atoms with Crippen LogP contribution in [0.5, 0.6) is 23.0 Å². The molecule has 2 amide bonds. The number of hydrogen-bond acceptors (Lipinski definition) is 12. The van der Waals surface area contributed by atoms with Gasteiger partial charge in [-0.3, -0.25) is 20.4 Å². The van der Waals surface area contributed by atoms with E-state index >= 15 is 0 Å². The van der Waals surface area contributed by atoms with Gasteiger partial charge in [-0.1, -0.05) is 60.7 Å². The molecule has 2 aliphatic rings. The molecular weight excluding hydrogens is 801 g/mol. The average Bonchev–Trinajstić information content (AvgIpc) is 3.93. The van der Waals surface area contributed by atoms with Crippen molar-refractivity contribution in [2.45, 2.75) is 37.9 Å². The summed E-state index contributed by atoms with van der Waals surface area (Å²) in [6.07, 6.45) is 4.14. The number of likely N-dealkylation sites (tertiary alicyclic amines) is 2. The van der Waals surface area contributed by atoms with E-state index in [0.29, 0.717) is 25.4 Å². The summed E-state index contributed by atoms with van der Waals surface area (Å²) in [7, 11) is 3.30. The minimum atomic E-state index is -1.26. The van der Waals surface area contributed by atoms with Crippen LogP contribution < -0.4 is 29.6 Å². The third-order valence-corrected chi connectivity index (χ3v) is 9.30. The minimum absolute atomic E-state index is 0.156. The maximum absolute atomic E-state index is 11.7. The molecule has 2 heterocycles. The summed E-state index contributed by atoms with van der Waals surface area (Å²) in [5, 5.41) is 21.0. The van der Waals surface area contributed by atoms with E-state index in [1.54, 1.807) is 14.2 Å². The Kier molecular flexibility index (Phi) is 21.0. The SMILES string of the molecule is COc1ccccc1OC1CCN(CCCOC(=O)Nc2ccccc2)C1.COc1ccccc1OC1CCN(CCCOC(=O)Nc2ccccc2)C1.O=C(O)/C=C/C(=O)O. The van der Waals surface area contributed by atoms with Crippen LogP contribution in [-0.4, -0.2) is 123 Å². The lowest BCUT2D eigenvalue weighted by molar-refractivity contribution is -0.134. The number of amides is 2. The Morgan fingerprint density at radius 2 is 0.919 bits per heavy atom. The molecule has 4 N–H and O–H groups in total. The van der Waals surface area contributed by atoms with Crippen molar-refractivity contribution in [1.29, 1.82) is 0 Å². The number of carboxylic acids is 2. The first kappa shape index (κ1) is 47.9. The molecular formula is C46H56N4O12. The van der Waals surface area contributed by atoms with Crippen molar-refractivity contribution in [3.8, 4) is 23.0 Å². The quantitative estimate of drug-likeness (QED) is 0.0576. The first-order valence-corrected chi connectivity index (χ1v) is 20.3. The molecule has 2 aliphatic heterocycles. The van der Waals surface area contributed by atoms with Gasteiger partial charge >= 0.3 is 24.1 Å². The van der Waals surface area contributed by atoms with Crippen LogP contribution in [0.15, 0.2) is 121 Å². The van der Waals surface area contributed by atoms with E-state index in [9.17, 15) is 19.2 Å². The molecule has 0 aromatic heterocycles. The first-order chi connectivity index (χ1) is 30.1. The van der Waals surface area contributed by atoms with Crippen molar-refractivity contribution in [1.82, 2.24) is 9.80 Å². The molecule has 2 unspecified atom stereocenters. The second-order valence-corrected chi connectivity index (χ2v) is 13.9. The van der Waals surface area contributed by atoms with Crippen LogP contribution in [0.2, 0.25) is 0 Å². The monoisotopic (exact) mass is 856 g/mol. The van der Waals surface area contributed by atoms with Gasteiger partial charge in [0.25, 0.3) is 0 Å². The molecule has 0 bridgehead atoms. The average molecular weight is 857 g/mol. The second-order valence-electron chi connectivity index (χ2n) is 13.9. The molecule has 0 radical (unpaired) electrons. The number of benzene rings is 4. The molecule has 16 heteroatoms. The number of ether oxygens (including phenoxy) is 6. The molecule has 0 spiro atoms. The zero-order valence-corrected chi connectivity index (χ0v) is 35.1. The summed E-state index contributed by atoms with van der Waals surface area (Å²) in [5.74, 6) is 0.572. The van der Waals surface area contributed by atoms with Crippen molar-refractivity contribution in [2.75, 3.05) is 77.3 Å². The molecule has 332 valence electrons. The van der Waals surface area contributed by atoms with Gasteiger partial charge < -0.3 is 38.6 Å². The van der Waals surface area contributed by atoms with E-state index in [-0.39, 0.29) is 12.2 Å². The maximum Gasteiger partial charge on any atom is 0.411 e. The summed E-state index contributed by atoms with van der Waals surface area (Å²) >= 11 is 0. The van der Waals surface area contributed by atoms with E-state index in [2.05, 4.69) is 20.4 Å². The van der Waals surface area contributed by atoms with Gasteiger partial charge in [-0.15, -0.1) is 0 Å². The van der Waals surface area contributed by atoms with Crippen LogP contribution >= 0.6 is 0 Å². The largest absolute Gasteiger partial charge is 0.493 e.